The molecule has 0 bridgehead atoms. The molecular weight excluding hydrogens is 556 g/mol. The molecule has 11 heteroatoms. The maximum Gasteiger partial charge on any atom is 0.255 e. The second-order valence-corrected chi connectivity index (χ2v) is 10.8. The lowest BCUT2D eigenvalue weighted by Crippen LogP contribution is -2.40. The van der Waals surface area contributed by atoms with Crippen molar-refractivity contribution in [2.75, 3.05) is 17.2 Å². The first-order valence-electron chi connectivity index (χ1n) is 14.3. The highest BCUT2D eigenvalue weighted by Gasteiger charge is 2.29. The smallest absolute Gasteiger partial charge is 0.255 e. The first kappa shape index (κ1) is 30.5. The quantitative estimate of drug-likeness (QED) is 0.250. The predicted molar refractivity (Wildman–Crippen MR) is 157 cm³/mol. The van der Waals surface area contributed by atoms with Crippen molar-refractivity contribution in [3.8, 4) is 11.5 Å². The van der Waals surface area contributed by atoms with Crippen molar-refractivity contribution in [3.05, 3.63) is 83.9 Å². The van der Waals surface area contributed by atoms with Gasteiger partial charge in [-0.2, -0.15) is 0 Å². The molecule has 6 unspecified atom stereocenters. The van der Waals surface area contributed by atoms with Crippen molar-refractivity contribution >= 4 is 23.2 Å². The van der Waals surface area contributed by atoms with Gasteiger partial charge in [-0.3, -0.25) is 9.59 Å². The molecule has 0 aromatic heterocycles. The number of nitrogens with one attached hydrogen (secondary N) is 2. The molecule has 43 heavy (non-hydrogen) atoms. The van der Waals surface area contributed by atoms with E-state index < -0.39 is 30.9 Å². The van der Waals surface area contributed by atoms with Gasteiger partial charge >= 0.3 is 0 Å². The molecule has 3 aromatic rings. The van der Waals surface area contributed by atoms with Gasteiger partial charge in [0.2, 0.25) is 12.6 Å². The Morgan fingerprint density at radius 3 is 1.72 bits per heavy atom. The van der Waals surface area contributed by atoms with E-state index >= 15 is 0 Å². The summed E-state index contributed by atoms with van der Waals surface area (Å²) in [4.78, 5) is 25.7. The minimum Gasteiger partial charge on any atom is -0.465 e. The van der Waals surface area contributed by atoms with Crippen LogP contribution in [0.15, 0.2) is 72.8 Å². The number of amides is 2. The highest BCUT2D eigenvalue weighted by Crippen LogP contribution is 2.27. The number of rotatable bonds is 9. The Balaban J connectivity index is 1.15. The summed E-state index contributed by atoms with van der Waals surface area (Å²) in [6, 6.07) is 19.9. The molecule has 2 aliphatic rings. The first-order chi connectivity index (χ1) is 20.7. The number of ether oxygens (including phenoxy) is 4. The minimum atomic E-state index is -0.718. The highest BCUT2D eigenvalue weighted by molar-refractivity contribution is 6.07. The summed E-state index contributed by atoms with van der Waals surface area (Å²) in [6.45, 7) is 1.67. The molecule has 0 aliphatic carbocycles. The van der Waals surface area contributed by atoms with E-state index in [-0.39, 0.29) is 30.9 Å². The first-order valence-corrected chi connectivity index (χ1v) is 14.3. The predicted octanol–water partition coefficient (Wildman–Crippen LogP) is 3.69. The Morgan fingerprint density at radius 1 is 0.744 bits per heavy atom. The molecule has 0 spiro atoms. The monoisotopic (exact) mass is 592 g/mol. The Kier molecular flexibility index (Phi) is 9.90. The van der Waals surface area contributed by atoms with Crippen LogP contribution in [0, 0.1) is 0 Å². The van der Waals surface area contributed by atoms with Gasteiger partial charge in [0, 0.05) is 53.9 Å². The molecule has 11 nitrogen and oxygen atoms in total. The van der Waals surface area contributed by atoms with Crippen molar-refractivity contribution < 1.29 is 43.9 Å². The Bertz CT molecular complexity index is 1390. The summed E-state index contributed by atoms with van der Waals surface area (Å²) in [5.74, 6) is 0.214. The molecule has 0 saturated carbocycles. The third kappa shape index (κ3) is 8.53. The van der Waals surface area contributed by atoms with E-state index in [1.165, 1.54) is 0 Å². The van der Waals surface area contributed by atoms with E-state index in [9.17, 15) is 24.9 Å². The van der Waals surface area contributed by atoms with Crippen LogP contribution in [0.2, 0.25) is 0 Å². The van der Waals surface area contributed by atoms with Gasteiger partial charge in [0.15, 0.2) is 0 Å². The Labute approximate surface area is 249 Å². The SMILES string of the molecule is CC1CC(O)CC(Oc2cccc(NC(=O)c3ccc(C(=O)Nc4cccc(OC5CC(O)CC(CO)O5)c4)cc3)c2)O1. The third-order valence-electron chi connectivity index (χ3n) is 7.13. The maximum absolute atomic E-state index is 12.9. The maximum atomic E-state index is 12.9. The van der Waals surface area contributed by atoms with Crippen molar-refractivity contribution in [1.82, 2.24) is 0 Å². The summed E-state index contributed by atoms with van der Waals surface area (Å²) in [5, 5.41) is 35.0. The number of carbonyl (C=O) groups is 2. The number of hydrogen-bond acceptors (Lipinski definition) is 9. The van der Waals surface area contributed by atoms with E-state index in [0.717, 1.165) is 0 Å². The molecule has 3 aromatic carbocycles. The molecular formula is C32H36N2O9. The second kappa shape index (κ2) is 14.0. The third-order valence-corrected chi connectivity index (χ3v) is 7.13. The van der Waals surface area contributed by atoms with E-state index in [0.29, 0.717) is 53.3 Å². The van der Waals surface area contributed by atoms with E-state index in [2.05, 4.69) is 10.6 Å². The van der Waals surface area contributed by atoms with Crippen molar-refractivity contribution in [2.24, 2.45) is 0 Å². The number of aliphatic hydroxyl groups excluding tert-OH is 3. The van der Waals surface area contributed by atoms with Gasteiger partial charge in [0.1, 0.15) is 11.5 Å². The van der Waals surface area contributed by atoms with Crippen LogP contribution in [0.1, 0.15) is 53.3 Å². The van der Waals surface area contributed by atoms with Crippen molar-refractivity contribution in [1.29, 1.82) is 0 Å². The number of aliphatic hydroxyl groups is 3. The lowest BCUT2D eigenvalue weighted by molar-refractivity contribution is -0.184. The summed E-state index contributed by atoms with van der Waals surface area (Å²) in [5.41, 5.74) is 1.73. The average molecular weight is 593 g/mol. The number of hydrogen-bond donors (Lipinski definition) is 5. The zero-order valence-corrected chi connectivity index (χ0v) is 23.7. The highest BCUT2D eigenvalue weighted by atomic mass is 16.7. The molecule has 228 valence electrons. The molecule has 5 N–H and O–H groups in total. The molecule has 2 heterocycles. The fourth-order valence-corrected chi connectivity index (χ4v) is 5.07. The summed E-state index contributed by atoms with van der Waals surface area (Å²) < 4.78 is 23.1. The Hall–Kier alpha value is -4.00. The van der Waals surface area contributed by atoms with Crippen LogP contribution in [0.5, 0.6) is 11.5 Å². The zero-order valence-electron chi connectivity index (χ0n) is 23.7. The number of anilines is 2. The minimum absolute atomic E-state index is 0.112. The van der Waals surface area contributed by atoms with Crippen molar-refractivity contribution in [3.63, 3.8) is 0 Å². The van der Waals surface area contributed by atoms with Gasteiger partial charge in [-0.05, 0) is 61.9 Å². The average Bonchev–Trinajstić information content (AvgIpc) is 2.96. The summed E-state index contributed by atoms with van der Waals surface area (Å²) in [7, 11) is 0. The normalized spacial score (nSPS) is 25.4. The van der Waals surface area contributed by atoms with Gasteiger partial charge in [-0.25, -0.2) is 0 Å². The summed E-state index contributed by atoms with van der Waals surface area (Å²) >= 11 is 0. The molecule has 6 atom stereocenters. The number of carbonyl (C=O) groups excluding carboxylic acids is 2. The molecule has 2 saturated heterocycles. The topological polar surface area (TPSA) is 156 Å². The fraction of sp³-hybridized carbons (Fsp3) is 0.375. The van der Waals surface area contributed by atoms with Gasteiger partial charge in [0.05, 0.1) is 31.0 Å². The largest absolute Gasteiger partial charge is 0.465 e. The van der Waals surface area contributed by atoms with Gasteiger partial charge in [-0.1, -0.05) is 12.1 Å². The summed E-state index contributed by atoms with van der Waals surface area (Å²) in [6.07, 6.45) is -1.48. The standard InChI is InChI=1S/C32H36N2O9/c1-19-12-24(36)16-29(40-19)41-26-6-2-4-22(13-26)33-31(38)20-8-10-21(11-9-20)32(39)34-23-5-3-7-27(14-23)42-30-17-25(37)15-28(18-35)43-30/h2-11,13-14,19,24-25,28-30,35-37H,12,15-18H2,1H3,(H,33,38)(H,34,39). The van der Waals surface area contributed by atoms with Crippen molar-refractivity contribution in [2.45, 2.75) is 69.6 Å². The van der Waals surface area contributed by atoms with E-state index in [4.69, 9.17) is 18.9 Å². The zero-order chi connectivity index (χ0) is 30.3. The van der Waals surface area contributed by atoms with Crippen LogP contribution in [0.3, 0.4) is 0 Å². The van der Waals surface area contributed by atoms with Crippen LogP contribution in [0.4, 0.5) is 11.4 Å². The van der Waals surface area contributed by atoms with Crippen LogP contribution < -0.4 is 20.1 Å². The van der Waals surface area contributed by atoms with Crippen LogP contribution in [0.25, 0.3) is 0 Å². The van der Waals surface area contributed by atoms with Crippen LogP contribution >= 0.6 is 0 Å². The molecule has 2 aliphatic heterocycles. The van der Waals surface area contributed by atoms with Gasteiger partial charge < -0.3 is 44.9 Å². The van der Waals surface area contributed by atoms with Crippen LogP contribution in [-0.2, 0) is 9.47 Å². The lowest BCUT2D eigenvalue weighted by atomic mass is 10.1. The molecule has 0 radical (unpaired) electrons. The second-order valence-electron chi connectivity index (χ2n) is 10.8. The number of benzene rings is 3. The Morgan fingerprint density at radius 2 is 1.23 bits per heavy atom. The van der Waals surface area contributed by atoms with E-state index in [1.54, 1.807) is 72.8 Å². The van der Waals surface area contributed by atoms with Crippen LogP contribution in [-0.4, -0.2) is 70.7 Å². The van der Waals surface area contributed by atoms with E-state index in [1.807, 2.05) is 6.92 Å². The molecule has 5 rings (SSSR count). The van der Waals surface area contributed by atoms with Gasteiger partial charge in [0.25, 0.3) is 11.8 Å². The molecule has 2 fully saturated rings. The molecule has 2 amide bonds. The lowest BCUT2D eigenvalue weighted by Gasteiger charge is -2.32. The van der Waals surface area contributed by atoms with Gasteiger partial charge in [-0.15, -0.1) is 0 Å². The fourth-order valence-electron chi connectivity index (χ4n) is 5.07.